The van der Waals surface area contributed by atoms with Crippen LogP contribution in [0.5, 0.6) is 5.75 Å². The summed E-state index contributed by atoms with van der Waals surface area (Å²) in [4.78, 5) is 13.4. The van der Waals surface area contributed by atoms with Gasteiger partial charge in [-0.25, -0.2) is 4.79 Å². The molecule has 4 aliphatic carbocycles. The van der Waals surface area contributed by atoms with Gasteiger partial charge < -0.3 is 13.9 Å². The molecule has 1 aromatic heterocycles. The fourth-order valence-corrected chi connectivity index (χ4v) is 12.7. The predicted octanol–water partition coefficient (Wildman–Crippen LogP) is 15.1. The third kappa shape index (κ3) is 10.4. The molecule has 3 saturated carbocycles. The number of hydrogen-bond donors (Lipinski definition) is 0. The molecule has 6 heteroatoms. The van der Waals surface area contributed by atoms with Crippen molar-refractivity contribution in [3.8, 4) is 40.5 Å². The quantitative estimate of drug-likeness (QED) is 0.0456. The predicted molar refractivity (Wildman–Crippen MR) is 259 cm³/mol. The van der Waals surface area contributed by atoms with Crippen LogP contribution in [0.25, 0.3) is 22.9 Å². The summed E-state index contributed by atoms with van der Waals surface area (Å²) in [5.41, 5.74) is 6.26. The molecule has 340 valence electrons. The fourth-order valence-electron chi connectivity index (χ4n) is 12.7. The number of allylic oxidation sites excluding steroid dienone is 1. The number of esters is 1. The summed E-state index contributed by atoms with van der Waals surface area (Å²) in [5.74, 6) is 13.0. The monoisotopic (exact) mass is 863 g/mol. The van der Waals surface area contributed by atoms with E-state index in [1.54, 1.807) is 5.57 Å². The van der Waals surface area contributed by atoms with E-state index in [1.165, 1.54) is 83.5 Å². The molecule has 8 atom stereocenters. The number of rotatable bonds is 17. The third-order valence-corrected chi connectivity index (χ3v) is 16.4. The summed E-state index contributed by atoms with van der Waals surface area (Å²) in [5, 5.41) is 8.59. The Morgan fingerprint density at radius 2 is 1.41 bits per heavy atom. The minimum absolute atomic E-state index is 0.0630. The molecule has 1 unspecified atom stereocenters. The molecule has 64 heavy (non-hydrogen) atoms. The van der Waals surface area contributed by atoms with Crippen LogP contribution in [0.3, 0.4) is 0 Å². The number of aromatic nitrogens is 2. The molecule has 4 aliphatic rings. The third-order valence-electron chi connectivity index (χ3n) is 16.4. The van der Waals surface area contributed by atoms with Gasteiger partial charge in [0, 0.05) is 28.7 Å². The molecule has 4 aromatic rings. The largest absolute Gasteiger partial charge is 0.494 e. The van der Waals surface area contributed by atoms with Gasteiger partial charge in [-0.05, 0) is 171 Å². The van der Waals surface area contributed by atoms with Crippen LogP contribution in [-0.2, 0) is 4.74 Å². The van der Waals surface area contributed by atoms with Gasteiger partial charge in [-0.15, -0.1) is 10.2 Å². The maximum absolute atomic E-state index is 13.4. The van der Waals surface area contributed by atoms with E-state index in [0.29, 0.717) is 22.8 Å². The number of unbranched alkanes of at least 4 members (excludes halogenated alkanes) is 5. The van der Waals surface area contributed by atoms with Crippen molar-refractivity contribution in [3.05, 3.63) is 101 Å². The highest BCUT2D eigenvalue weighted by Gasteiger charge is 2.59. The molecule has 0 saturated heterocycles. The van der Waals surface area contributed by atoms with Crippen LogP contribution in [0.1, 0.15) is 172 Å². The van der Waals surface area contributed by atoms with E-state index < -0.39 is 0 Å². The normalized spacial score (nSPS) is 26.5. The molecule has 0 N–H and O–H groups in total. The number of benzene rings is 3. The summed E-state index contributed by atoms with van der Waals surface area (Å²) >= 11 is 0. The second-order valence-electron chi connectivity index (χ2n) is 21.0. The van der Waals surface area contributed by atoms with Crippen molar-refractivity contribution in [1.82, 2.24) is 10.2 Å². The Kier molecular flexibility index (Phi) is 14.8. The van der Waals surface area contributed by atoms with Crippen LogP contribution in [0.2, 0.25) is 0 Å². The second-order valence-corrected chi connectivity index (χ2v) is 21.0. The van der Waals surface area contributed by atoms with Crippen LogP contribution < -0.4 is 4.74 Å². The Labute approximate surface area is 384 Å². The van der Waals surface area contributed by atoms with Crippen molar-refractivity contribution in [2.24, 2.45) is 46.3 Å². The number of fused-ring (bicyclic) bond motifs is 5. The first-order chi connectivity index (χ1) is 31.0. The zero-order valence-corrected chi connectivity index (χ0v) is 39.8. The zero-order valence-electron chi connectivity index (χ0n) is 39.8. The molecule has 8 rings (SSSR count). The topological polar surface area (TPSA) is 74.5 Å². The van der Waals surface area contributed by atoms with Gasteiger partial charge >= 0.3 is 5.97 Å². The van der Waals surface area contributed by atoms with Crippen LogP contribution >= 0.6 is 0 Å². The standard InChI is InChI=1S/C58H74N2O4/c1-7-8-9-10-11-12-38-62-48-29-26-45(27-30-48)55-60-59-54(64-55)44-22-18-42(19-23-44)16-17-43-20-24-46(25-21-43)56(61)63-49-34-36-57(5)47(39-49)28-31-50-52-33-32-51(41(4)15-13-14-40(2)3)58(52,6)37-35-53(50)57/h18-30,40-41,49-53H,7-15,31-39H2,1-6H3/t41-,49?,50+,51-,52+,53+,57+,58-/m1/s1. The first-order valence-corrected chi connectivity index (χ1v) is 25.2. The number of hydrogen-bond acceptors (Lipinski definition) is 6. The Balaban J connectivity index is 0.804. The molecule has 3 aromatic carbocycles. The first-order valence-electron chi connectivity index (χ1n) is 25.2. The summed E-state index contributed by atoms with van der Waals surface area (Å²) in [6.07, 6.45) is 23.9. The molecule has 0 radical (unpaired) electrons. The number of ether oxygens (including phenoxy) is 2. The molecule has 1 heterocycles. The van der Waals surface area contributed by atoms with Gasteiger partial charge in [-0.2, -0.15) is 0 Å². The van der Waals surface area contributed by atoms with Crippen molar-refractivity contribution in [1.29, 1.82) is 0 Å². The first kappa shape index (κ1) is 45.9. The lowest BCUT2D eigenvalue weighted by Crippen LogP contribution is -2.51. The van der Waals surface area contributed by atoms with E-state index in [9.17, 15) is 4.79 Å². The average molecular weight is 863 g/mol. The second kappa shape index (κ2) is 20.7. The van der Waals surface area contributed by atoms with Gasteiger partial charge in [0.15, 0.2) is 0 Å². The minimum Gasteiger partial charge on any atom is -0.494 e. The molecule has 0 amide bonds. The average Bonchev–Trinajstić information content (AvgIpc) is 3.94. The van der Waals surface area contributed by atoms with Gasteiger partial charge in [0.05, 0.1) is 12.2 Å². The molecule has 3 fully saturated rings. The summed E-state index contributed by atoms with van der Waals surface area (Å²) in [6, 6.07) is 23.1. The smallest absolute Gasteiger partial charge is 0.338 e. The lowest BCUT2D eigenvalue weighted by atomic mass is 9.47. The van der Waals surface area contributed by atoms with Crippen LogP contribution in [-0.4, -0.2) is 28.9 Å². The SMILES string of the molecule is CCCCCCCCOc1ccc(-c2nnc(-c3ccc(C#Cc4ccc(C(=O)OC5CC[C@@]6(C)C(=CC[C@H]7[C@@H]8CC[C@H]([C@H](C)CCCC(C)C)[C@@]8(C)CC[C@@H]76)C5)cc4)cc3)o2)cc1. The molecule has 0 bridgehead atoms. The van der Waals surface area contributed by atoms with Crippen molar-refractivity contribution in [3.63, 3.8) is 0 Å². The highest BCUT2D eigenvalue weighted by molar-refractivity contribution is 5.89. The Morgan fingerprint density at radius 3 is 2.09 bits per heavy atom. The van der Waals surface area contributed by atoms with E-state index in [2.05, 4.69) is 69.7 Å². The molecule has 6 nitrogen and oxygen atoms in total. The maximum Gasteiger partial charge on any atom is 0.338 e. The molecular weight excluding hydrogens is 789 g/mol. The van der Waals surface area contributed by atoms with E-state index in [-0.39, 0.29) is 17.5 Å². The summed E-state index contributed by atoms with van der Waals surface area (Å²) in [6.45, 7) is 15.5. The lowest BCUT2D eigenvalue weighted by molar-refractivity contribution is -0.0594. The molecule has 0 spiro atoms. The van der Waals surface area contributed by atoms with E-state index in [1.807, 2.05) is 72.8 Å². The number of nitrogens with zero attached hydrogens (tertiary/aromatic N) is 2. The van der Waals surface area contributed by atoms with Crippen molar-refractivity contribution in [2.75, 3.05) is 6.61 Å². The van der Waals surface area contributed by atoms with Gasteiger partial charge in [0.25, 0.3) is 0 Å². The van der Waals surface area contributed by atoms with Crippen molar-refractivity contribution >= 4 is 5.97 Å². The van der Waals surface area contributed by atoms with Crippen molar-refractivity contribution < 1.29 is 18.7 Å². The van der Waals surface area contributed by atoms with Gasteiger partial charge in [0.1, 0.15) is 11.9 Å². The highest BCUT2D eigenvalue weighted by atomic mass is 16.5. The Hall–Kier alpha value is -4.63. The number of carbonyl (C=O) groups is 1. The van der Waals surface area contributed by atoms with E-state index in [0.717, 1.165) is 95.8 Å². The lowest BCUT2D eigenvalue weighted by Gasteiger charge is -2.58. The van der Waals surface area contributed by atoms with Crippen LogP contribution in [0.15, 0.2) is 88.9 Å². The Bertz CT molecular complexity index is 2240. The maximum atomic E-state index is 13.4. The van der Waals surface area contributed by atoms with Crippen molar-refractivity contribution in [2.45, 2.75) is 157 Å². The minimum atomic E-state index is -0.236. The zero-order chi connectivity index (χ0) is 44.7. The van der Waals surface area contributed by atoms with Gasteiger partial charge in [0.2, 0.25) is 11.8 Å². The van der Waals surface area contributed by atoms with Crippen LogP contribution in [0, 0.1) is 58.2 Å². The van der Waals surface area contributed by atoms with E-state index in [4.69, 9.17) is 13.9 Å². The fraction of sp³-hybridized carbons (Fsp3) is 0.569. The van der Waals surface area contributed by atoms with Gasteiger partial charge in [-0.3, -0.25) is 0 Å². The Morgan fingerprint density at radius 1 is 0.750 bits per heavy atom. The summed E-state index contributed by atoms with van der Waals surface area (Å²) in [7, 11) is 0. The van der Waals surface area contributed by atoms with Gasteiger partial charge in [-0.1, -0.05) is 116 Å². The van der Waals surface area contributed by atoms with E-state index >= 15 is 0 Å². The summed E-state index contributed by atoms with van der Waals surface area (Å²) < 4.78 is 18.2. The molecule has 0 aliphatic heterocycles. The van der Waals surface area contributed by atoms with Crippen LogP contribution in [0.4, 0.5) is 0 Å². The number of carbonyl (C=O) groups excluding carboxylic acids is 1. The molecular formula is C58H74N2O4. The highest BCUT2D eigenvalue weighted by Crippen LogP contribution is 2.67.